The number of carbonyl (C=O) groups excluding carboxylic acids is 1. The second kappa shape index (κ2) is 8.90. The average molecular weight is 465 g/mol. The lowest BCUT2D eigenvalue weighted by Gasteiger charge is -2.29. The summed E-state index contributed by atoms with van der Waals surface area (Å²) < 4.78 is 53.2. The van der Waals surface area contributed by atoms with Gasteiger partial charge in [0.25, 0.3) is 0 Å². The maximum Gasteiger partial charge on any atom is 0.416 e. The van der Waals surface area contributed by atoms with Crippen LogP contribution in [0.5, 0.6) is 0 Å². The van der Waals surface area contributed by atoms with Crippen molar-refractivity contribution in [3.63, 3.8) is 0 Å². The topological polar surface area (TPSA) is 42.0 Å². The van der Waals surface area contributed by atoms with Crippen LogP contribution in [0.4, 0.5) is 23.2 Å². The van der Waals surface area contributed by atoms with E-state index in [0.717, 1.165) is 12.1 Å². The van der Waals surface area contributed by atoms with E-state index in [1.165, 1.54) is 30.5 Å². The van der Waals surface area contributed by atoms with Crippen molar-refractivity contribution >= 4 is 23.2 Å². The molecule has 3 rings (SSSR count). The Balaban J connectivity index is 2.02. The Morgan fingerprint density at radius 2 is 1.75 bits per heavy atom. The van der Waals surface area contributed by atoms with Gasteiger partial charge in [-0.3, -0.25) is 4.79 Å². The molecule has 1 aromatic heterocycles. The summed E-state index contributed by atoms with van der Waals surface area (Å²) in [6, 6.07) is 10.5. The number of alkyl halides is 3. The second-order valence-electron chi connectivity index (χ2n) is 7.73. The fraction of sp³-hybridized carbons (Fsp3) is 0.250. The van der Waals surface area contributed by atoms with Gasteiger partial charge in [-0.25, -0.2) is 9.37 Å². The normalized spacial score (nSPS) is 13.5. The molecule has 3 aromatic rings. The van der Waals surface area contributed by atoms with E-state index < -0.39 is 28.9 Å². The van der Waals surface area contributed by atoms with Crippen molar-refractivity contribution in [2.45, 2.75) is 38.8 Å². The zero-order valence-electron chi connectivity index (χ0n) is 17.6. The van der Waals surface area contributed by atoms with Gasteiger partial charge in [0.1, 0.15) is 11.0 Å². The Morgan fingerprint density at radius 1 is 1.06 bits per heavy atom. The van der Waals surface area contributed by atoms with E-state index in [1.54, 1.807) is 32.9 Å². The van der Waals surface area contributed by atoms with Crippen molar-refractivity contribution in [1.29, 1.82) is 0 Å². The lowest BCUT2D eigenvalue weighted by Crippen LogP contribution is -2.37. The average Bonchev–Trinajstić information content (AvgIpc) is 2.74. The van der Waals surface area contributed by atoms with Crippen molar-refractivity contribution < 1.29 is 22.4 Å². The molecule has 1 atom stereocenters. The first-order valence-electron chi connectivity index (χ1n) is 9.87. The van der Waals surface area contributed by atoms with Crippen molar-refractivity contribution in [3.05, 3.63) is 82.4 Å². The smallest absolute Gasteiger partial charge is 0.323 e. The fourth-order valence-electron chi connectivity index (χ4n) is 3.48. The molecule has 0 aliphatic heterocycles. The number of amides is 1. The van der Waals surface area contributed by atoms with Gasteiger partial charge in [-0.05, 0) is 61.2 Å². The monoisotopic (exact) mass is 464 g/mol. The molecule has 0 fully saturated rings. The van der Waals surface area contributed by atoms with Crippen LogP contribution in [0.3, 0.4) is 0 Å². The molecule has 1 heterocycles. The van der Waals surface area contributed by atoms with Crippen LogP contribution in [-0.4, -0.2) is 10.9 Å². The second-order valence-corrected chi connectivity index (χ2v) is 8.12. The van der Waals surface area contributed by atoms with Crippen LogP contribution in [0.25, 0.3) is 11.1 Å². The molecule has 0 saturated carbocycles. The molecule has 0 bridgehead atoms. The van der Waals surface area contributed by atoms with Crippen molar-refractivity contribution in [2.75, 3.05) is 5.32 Å². The van der Waals surface area contributed by atoms with Crippen LogP contribution in [0.15, 0.2) is 54.7 Å². The first kappa shape index (κ1) is 23.7. The van der Waals surface area contributed by atoms with Crippen LogP contribution >= 0.6 is 11.6 Å². The van der Waals surface area contributed by atoms with Crippen molar-refractivity contribution in [3.8, 4) is 11.1 Å². The molecule has 3 nitrogen and oxygen atoms in total. The van der Waals surface area contributed by atoms with E-state index in [0.29, 0.717) is 22.4 Å². The summed E-state index contributed by atoms with van der Waals surface area (Å²) in [5, 5.41) is 2.97. The predicted octanol–water partition coefficient (Wildman–Crippen LogP) is 7.17. The number of rotatable bonds is 5. The van der Waals surface area contributed by atoms with Gasteiger partial charge < -0.3 is 5.32 Å². The van der Waals surface area contributed by atoms with Gasteiger partial charge in [0, 0.05) is 5.56 Å². The highest BCUT2D eigenvalue weighted by Crippen LogP contribution is 2.37. The summed E-state index contributed by atoms with van der Waals surface area (Å²) in [7, 11) is 0. The summed E-state index contributed by atoms with van der Waals surface area (Å²) >= 11 is 6.06. The molecule has 0 radical (unpaired) electrons. The number of anilines is 1. The van der Waals surface area contributed by atoms with Crippen LogP contribution in [0, 0.1) is 12.7 Å². The summed E-state index contributed by atoms with van der Waals surface area (Å²) in [4.78, 5) is 17.3. The minimum absolute atomic E-state index is 0.179. The number of aromatic nitrogens is 1. The lowest BCUT2D eigenvalue weighted by molar-refractivity contribution is -0.137. The third kappa shape index (κ3) is 4.78. The van der Waals surface area contributed by atoms with E-state index in [9.17, 15) is 22.4 Å². The molecule has 2 aromatic carbocycles. The zero-order valence-corrected chi connectivity index (χ0v) is 18.4. The van der Waals surface area contributed by atoms with Crippen LogP contribution in [0.2, 0.25) is 5.15 Å². The number of pyridine rings is 1. The Kier molecular flexibility index (Phi) is 6.60. The van der Waals surface area contributed by atoms with Crippen LogP contribution in [-0.2, 0) is 16.4 Å². The summed E-state index contributed by atoms with van der Waals surface area (Å²) in [6.45, 7) is 5.03. The zero-order chi connectivity index (χ0) is 23.7. The van der Waals surface area contributed by atoms with Gasteiger partial charge >= 0.3 is 6.18 Å². The van der Waals surface area contributed by atoms with Crippen molar-refractivity contribution in [1.82, 2.24) is 4.98 Å². The van der Waals surface area contributed by atoms with Gasteiger partial charge in [0.05, 0.1) is 22.9 Å². The maximum atomic E-state index is 13.6. The minimum Gasteiger partial charge on any atom is -0.323 e. The summed E-state index contributed by atoms with van der Waals surface area (Å²) in [5.41, 5.74) is 0.295. The highest BCUT2D eigenvalue weighted by atomic mass is 35.5. The molecular formula is C24H21ClF4N2O. The Hall–Kier alpha value is -2.93. The number of aryl methyl sites for hydroxylation is 1. The molecular weight excluding hydrogens is 444 g/mol. The molecule has 8 heteroatoms. The van der Waals surface area contributed by atoms with E-state index >= 15 is 0 Å². The standard InChI is InChI=1S/C24H21ClF4N2O/c1-4-23(3,15-6-5-7-16(11-15)24(27,28)29)22(32)31-20-13-30-21(25)12-19(20)18-9-8-17(26)10-14(18)2/h5-13H,4H2,1-3H3,(H,31,32). The third-order valence-electron chi connectivity index (χ3n) is 5.63. The molecule has 1 N–H and O–H groups in total. The highest BCUT2D eigenvalue weighted by molar-refractivity contribution is 6.29. The number of carbonyl (C=O) groups is 1. The number of benzene rings is 2. The Bertz CT molecular complexity index is 1160. The highest BCUT2D eigenvalue weighted by Gasteiger charge is 2.37. The number of halogens is 5. The van der Waals surface area contributed by atoms with E-state index in [2.05, 4.69) is 10.3 Å². The number of nitrogens with one attached hydrogen (secondary N) is 1. The molecule has 0 saturated heterocycles. The molecule has 1 unspecified atom stereocenters. The molecule has 0 aliphatic carbocycles. The van der Waals surface area contributed by atoms with Crippen LogP contribution in [0.1, 0.15) is 37.0 Å². The molecule has 168 valence electrons. The first-order chi connectivity index (χ1) is 15.0. The van der Waals surface area contributed by atoms with Gasteiger partial charge in [-0.1, -0.05) is 42.8 Å². The van der Waals surface area contributed by atoms with E-state index in [-0.39, 0.29) is 17.1 Å². The summed E-state index contributed by atoms with van der Waals surface area (Å²) in [6.07, 6.45) is -2.89. The molecule has 1 amide bonds. The van der Waals surface area contributed by atoms with Gasteiger partial charge in [-0.2, -0.15) is 13.2 Å². The Labute approximate surface area is 188 Å². The van der Waals surface area contributed by atoms with E-state index in [1.807, 2.05) is 0 Å². The molecule has 0 aliphatic rings. The van der Waals surface area contributed by atoms with Crippen molar-refractivity contribution in [2.24, 2.45) is 0 Å². The van der Waals surface area contributed by atoms with Gasteiger partial charge in [-0.15, -0.1) is 0 Å². The minimum atomic E-state index is -4.52. The first-order valence-corrected chi connectivity index (χ1v) is 10.2. The lowest BCUT2D eigenvalue weighted by atomic mass is 9.78. The fourth-order valence-corrected chi connectivity index (χ4v) is 3.63. The number of nitrogens with zero attached hydrogens (tertiary/aromatic N) is 1. The van der Waals surface area contributed by atoms with E-state index in [4.69, 9.17) is 11.6 Å². The number of hydrogen-bond donors (Lipinski definition) is 1. The molecule has 32 heavy (non-hydrogen) atoms. The van der Waals surface area contributed by atoms with Crippen LogP contribution < -0.4 is 5.32 Å². The number of hydrogen-bond acceptors (Lipinski definition) is 2. The predicted molar refractivity (Wildman–Crippen MR) is 117 cm³/mol. The maximum absolute atomic E-state index is 13.6. The molecule has 0 spiro atoms. The quantitative estimate of drug-likeness (QED) is 0.321. The van der Waals surface area contributed by atoms with Gasteiger partial charge in [0.15, 0.2) is 0 Å². The largest absolute Gasteiger partial charge is 0.416 e. The Morgan fingerprint density at radius 3 is 2.38 bits per heavy atom. The summed E-state index contributed by atoms with van der Waals surface area (Å²) in [5.74, 6) is -0.899. The van der Waals surface area contributed by atoms with Gasteiger partial charge in [0.2, 0.25) is 5.91 Å². The SMILES string of the molecule is CCC(C)(C(=O)Nc1cnc(Cl)cc1-c1ccc(F)cc1C)c1cccc(C(F)(F)F)c1. The third-order valence-corrected chi connectivity index (χ3v) is 5.84.